The molecule has 0 aliphatic carbocycles. The number of anilines is 1. The number of aromatic nitrogens is 1. The van der Waals surface area contributed by atoms with Gasteiger partial charge < -0.3 is 11.1 Å². The lowest BCUT2D eigenvalue weighted by molar-refractivity contribution is 0.0954. The van der Waals surface area contributed by atoms with Gasteiger partial charge in [-0.05, 0) is 24.8 Å². The quantitative estimate of drug-likeness (QED) is 0.828. The molecular formula is C13H21N3OS. The Kier molecular flexibility index (Phi) is 5.98. The van der Waals surface area contributed by atoms with Crippen LogP contribution in [0.5, 0.6) is 0 Å². The summed E-state index contributed by atoms with van der Waals surface area (Å²) in [7, 11) is 0. The van der Waals surface area contributed by atoms with Gasteiger partial charge in [-0.15, -0.1) is 0 Å². The van der Waals surface area contributed by atoms with Crippen LogP contribution < -0.4 is 11.1 Å². The molecule has 100 valence electrons. The summed E-state index contributed by atoms with van der Waals surface area (Å²) in [6.45, 7) is 4.81. The Bertz CT molecular complexity index is 409. The molecule has 0 aliphatic heterocycles. The average molecular weight is 267 g/mol. The molecule has 3 N–H and O–H groups in total. The summed E-state index contributed by atoms with van der Waals surface area (Å²) in [5.41, 5.74) is 7.19. The fraction of sp³-hybridized carbons (Fsp3) is 0.538. The summed E-state index contributed by atoms with van der Waals surface area (Å²) in [6.07, 6.45) is 3.86. The molecule has 4 nitrogen and oxygen atoms in total. The Labute approximate surface area is 113 Å². The minimum Gasteiger partial charge on any atom is -0.384 e. The zero-order valence-electron chi connectivity index (χ0n) is 11.2. The van der Waals surface area contributed by atoms with Crippen LogP contribution in [0.2, 0.25) is 0 Å². The minimum atomic E-state index is -0.0812. The van der Waals surface area contributed by atoms with Crippen molar-refractivity contribution < 1.29 is 4.79 Å². The third kappa shape index (κ3) is 4.56. The van der Waals surface area contributed by atoms with E-state index >= 15 is 0 Å². The molecule has 1 aromatic rings. The lowest BCUT2D eigenvalue weighted by Crippen LogP contribution is -2.29. The van der Waals surface area contributed by atoms with Gasteiger partial charge in [0.25, 0.3) is 5.91 Å². The summed E-state index contributed by atoms with van der Waals surface area (Å²) in [4.78, 5) is 16.2. The number of rotatable bonds is 6. The second kappa shape index (κ2) is 7.26. The van der Waals surface area contributed by atoms with Crippen molar-refractivity contribution >= 4 is 23.5 Å². The van der Waals surface area contributed by atoms with Crippen LogP contribution in [0.3, 0.4) is 0 Å². The molecule has 0 spiro atoms. The molecule has 0 saturated heterocycles. The smallest absolute Gasteiger partial charge is 0.251 e. The molecule has 0 aliphatic rings. The predicted octanol–water partition coefficient (Wildman–Crippen LogP) is 2.10. The fourth-order valence-corrected chi connectivity index (χ4v) is 1.80. The molecule has 1 aromatic heterocycles. The highest BCUT2D eigenvalue weighted by Gasteiger charge is 2.09. The first kappa shape index (κ1) is 14.8. The molecule has 1 atom stereocenters. The number of carbonyl (C=O) groups is 1. The maximum atomic E-state index is 12.0. The molecule has 0 saturated carbocycles. The highest BCUT2D eigenvalue weighted by molar-refractivity contribution is 7.99. The first-order valence-corrected chi connectivity index (χ1v) is 7.43. The van der Waals surface area contributed by atoms with Crippen LogP contribution >= 0.6 is 11.8 Å². The van der Waals surface area contributed by atoms with Gasteiger partial charge in [-0.25, -0.2) is 4.98 Å². The van der Waals surface area contributed by atoms with E-state index in [4.69, 9.17) is 5.73 Å². The number of carbonyl (C=O) groups excluding carboxylic acids is 1. The van der Waals surface area contributed by atoms with Crippen molar-refractivity contribution in [2.75, 3.05) is 18.5 Å². The fourth-order valence-electron chi connectivity index (χ4n) is 1.55. The van der Waals surface area contributed by atoms with Gasteiger partial charge in [-0.2, -0.15) is 11.8 Å². The molecule has 1 heterocycles. The standard InChI is InChI=1S/C13H21N3OS/c1-4-5-11-6-10(7-12(14)16-11)13(17)15-8-9(2)18-3/h6-7,9H,4-5,8H2,1-3H3,(H2,14,16)(H,15,17). The van der Waals surface area contributed by atoms with Crippen molar-refractivity contribution in [1.82, 2.24) is 10.3 Å². The number of nitrogens with two attached hydrogens (primary N) is 1. The monoisotopic (exact) mass is 267 g/mol. The van der Waals surface area contributed by atoms with Crippen LogP contribution in [-0.4, -0.2) is 28.9 Å². The number of nitrogens with one attached hydrogen (secondary N) is 1. The highest BCUT2D eigenvalue weighted by atomic mass is 32.2. The molecule has 0 fully saturated rings. The van der Waals surface area contributed by atoms with Gasteiger partial charge in [-0.3, -0.25) is 4.79 Å². The summed E-state index contributed by atoms with van der Waals surface area (Å²) in [5.74, 6) is 0.325. The maximum Gasteiger partial charge on any atom is 0.251 e. The lowest BCUT2D eigenvalue weighted by Gasteiger charge is -2.11. The zero-order valence-corrected chi connectivity index (χ0v) is 12.0. The Morgan fingerprint density at radius 2 is 2.28 bits per heavy atom. The normalized spacial score (nSPS) is 12.2. The van der Waals surface area contributed by atoms with Gasteiger partial charge in [0.15, 0.2) is 0 Å². The SMILES string of the molecule is CCCc1cc(C(=O)NCC(C)SC)cc(N)n1. The second-order valence-corrected chi connectivity index (χ2v) is 5.55. The van der Waals surface area contributed by atoms with Gasteiger partial charge >= 0.3 is 0 Å². The number of thioether (sulfide) groups is 1. The molecule has 5 heteroatoms. The van der Waals surface area contributed by atoms with Gasteiger partial charge in [-0.1, -0.05) is 20.3 Å². The van der Waals surface area contributed by atoms with E-state index in [1.54, 1.807) is 17.8 Å². The maximum absolute atomic E-state index is 12.0. The van der Waals surface area contributed by atoms with Gasteiger partial charge in [0.05, 0.1) is 0 Å². The van der Waals surface area contributed by atoms with Crippen LogP contribution in [-0.2, 0) is 6.42 Å². The first-order chi connectivity index (χ1) is 8.56. The van der Waals surface area contributed by atoms with Gasteiger partial charge in [0.2, 0.25) is 0 Å². The van der Waals surface area contributed by atoms with Crippen LogP contribution in [0.25, 0.3) is 0 Å². The summed E-state index contributed by atoms with van der Waals surface area (Å²) in [6, 6.07) is 3.44. The van der Waals surface area contributed by atoms with E-state index in [0.29, 0.717) is 23.2 Å². The lowest BCUT2D eigenvalue weighted by atomic mass is 10.1. The third-order valence-electron chi connectivity index (χ3n) is 2.62. The average Bonchev–Trinajstić information content (AvgIpc) is 2.35. The summed E-state index contributed by atoms with van der Waals surface area (Å²) < 4.78 is 0. The van der Waals surface area contributed by atoms with Crippen molar-refractivity contribution in [1.29, 1.82) is 0 Å². The van der Waals surface area contributed by atoms with Crippen molar-refractivity contribution in [3.8, 4) is 0 Å². The number of aryl methyl sites for hydroxylation is 1. The van der Waals surface area contributed by atoms with Crippen molar-refractivity contribution in [3.63, 3.8) is 0 Å². The molecular weight excluding hydrogens is 246 g/mol. The number of amides is 1. The summed E-state index contributed by atoms with van der Waals surface area (Å²) >= 11 is 1.72. The topological polar surface area (TPSA) is 68.0 Å². The molecule has 0 radical (unpaired) electrons. The Morgan fingerprint density at radius 1 is 1.56 bits per heavy atom. The number of hydrogen-bond acceptors (Lipinski definition) is 4. The van der Waals surface area contributed by atoms with E-state index in [1.165, 1.54) is 0 Å². The van der Waals surface area contributed by atoms with E-state index in [1.807, 2.05) is 12.3 Å². The Hall–Kier alpha value is -1.23. The third-order valence-corrected chi connectivity index (χ3v) is 3.59. The number of nitrogen functional groups attached to an aromatic ring is 1. The predicted molar refractivity (Wildman–Crippen MR) is 78.0 cm³/mol. The van der Waals surface area contributed by atoms with Crippen LogP contribution in [0, 0.1) is 0 Å². The van der Waals surface area contributed by atoms with Gasteiger partial charge in [0, 0.05) is 23.1 Å². The number of pyridine rings is 1. The van der Waals surface area contributed by atoms with E-state index in [0.717, 1.165) is 18.5 Å². The van der Waals surface area contributed by atoms with Crippen LogP contribution in [0.1, 0.15) is 36.3 Å². The van der Waals surface area contributed by atoms with E-state index < -0.39 is 0 Å². The minimum absolute atomic E-state index is 0.0812. The van der Waals surface area contributed by atoms with E-state index in [-0.39, 0.29) is 5.91 Å². The van der Waals surface area contributed by atoms with E-state index in [9.17, 15) is 4.79 Å². The number of hydrogen-bond donors (Lipinski definition) is 2. The molecule has 0 aromatic carbocycles. The first-order valence-electron chi connectivity index (χ1n) is 6.14. The number of nitrogens with zero attached hydrogens (tertiary/aromatic N) is 1. The van der Waals surface area contributed by atoms with Gasteiger partial charge in [0.1, 0.15) is 5.82 Å². The van der Waals surface area contributed by atoms with Crippen molar-refractivity contribution in [3.05, 3.63) is 23.4 Å². The zero-order chi connectivity index (χ0) is 13.5. The molecule has 0 bridgehead atoms. The van der Waals surface area contributed by atoms with Crippen molar-refractivity contribution in [2.24, 2.45) is 0 Å². The largest absolute Gasteiger partial charge is 0.384 e. The Morgan fingerprint density at radius 3 is 2.89 bits per heavy atom. The second-order valence-electron chi connectivity index (χ2n) is 4.28. The molecule has 1 unspecified atom stereocenters. The highest BCUT2D eigenvalue weighted by Crippen LogP contribution is 2.10. The van der Waals surface area contributed by atoms with E-state index in [2.05, 4.69) is 24.1 Å². The van der Waals surface area contributed by atoms with Crippen molar-refractivity contribution in [2.45, 2.75) is 31.9 Å². The Balaban J connectivity index is 2.72. The molecule has 18 heavy (non-hydrogen) atoms. The molecule has 1 rings (SSSR count). The van der Waals surface area contributed by atoms with Crippen LogP contribution in [0.15, 0.2) is 12.1 Å². The summed E-state index contributed by atoms with van der Waals surface area (Å²) in [5, 5.41) is 3.31. The van der Waals surface area contributed by atoms with Crippen LogP contribution in [0.4, 0.5) is 5.82 Å². The molecule has 1 amide bonds.